The number of nitrogens with one attached hydrogen (secondary N) is 1. The van der Waals surface area contributed by atoms with E-state index in [1.165, 1.54) is 4.88 Å². The van der Waals surface area contributed by atoms with Crippen LogP contribution in [0.3, 0.4) is 0 Å². The second-order valence-electron chi connectivity index (χ2n) is 2.98. The van der Waals surface area contributed by atoms with Crippen LogP contribution < -0.4 is 5.32 Å². The molecule has 1 aromatic heterocycles. The predicted octanol–water partition coefficient (Wildman–Crippen LogP) is 0.966. The van der Waals surface area contributed by atoms with Gasteiger partial charge in [-0.25, -0.2) is 4.79 Å². The summed E-state index contributed by atoms with van der Waals surface area (Å²) in [4.78, 5) is 25.9. The second-order valence-corrected chi connectivity index (χ2v) is 5.06. The molecule has 0 saturated heterocycles. The highest BCUT2D eigenvalue weighted by molar-refractivity contribution is 7.98. The van der Waals surface area contributed by atoms with Crippen molar-refractivity contribution in [1.82, 2.24) is 10.3 Å². The summed E-state index contributed by atoms with van der Waals surface area (Å²) in [6.45, 7) is 0. The van der Waals surface area contributed by atoms with Gasteiger partial charge in [0, 0.05) is 16.8 Å². The molecule has 0 aliphatic carbocycles. The van der Waals surface area contributed by atoms with Gasteiger partial charge < -0.3 is 10.4 Å². The number of thiazole rings is 1. The Kier molecular flexibility index (Phi) is 5.87. The fraction of sp³-hybridized carbons (Fsp3) is 0.444. The van der Waals surface area contributed by atoms with Crippen LogP contribution in [0.25, 0.3) is 0 Å². The number of carboxylic acids is 1. The molecule has 0 aliphatic rings. The Morgan fingerprint density at radius 2 is 2.56 bits per heavy atom. The van der Waals surface area contributed by atoms with Gasteiger partial charge in [0.2, 0.25) is 6.41 Å². The van der Waals surface area contributed by atoms with Crippen molar-refractivity contribution in [2.24, 2.45) is 0 Å². The fourth-order valence-electron chi connectivity index (χ4n) is 1.05. The molecule has 0 aromatic carbocycles. The number of carbonyl (C=O) groups is 2. The summed E-state index contributed by atoms with van der Waals surface area (Å²) in [5.41, 5.74) is 1.77. The normalized spacial score (nSPS) is 12.0. The van der Waals surface area contributed by atoms with Gasteiger partial charge in [0.05, 0.1) is 5.51 Å². The van der Waals surface area contributed by atoms with Gasteiger partial charge in [-0.15, -0.1) is 11.3 Å². The Hall–Kier alpha value is -1.08. The van der Waals surface area contributed by atoms with E-state index >= 15 is 0 Å². The minimum atomic E-state index is -0.995. The largest absolute Gasteiger partial charge is 0.480 e. The standard InChI is InChI=1S/C9H12N2O3S2/c12-5-11-8(9(13)14)1-2-15-4-7-3-10-6-16-7/h3,5-6,8H,1-2,4H2,(H,11,12)(H,13,14). The minimum absolute atomic E-state index is 0.423. The number of aromatic nitrogens is 1. The van der Waals surface area contributed by atoms with Crippen molar-refractivity contribution in [2.75, 3.05) is 5.75 Å². The van der Waals surface area contributed by atoms with Crippen molar-refractivity contribution in [1.29, 1.82) is 0 Å². The van der Waals surface area contributed by atoms with Crippen LogP contribution in [0, 0.1) is 0 Å². The summed E-state index contributed by atoms with van der Waals surface area (Å²) < 4.78 is 0. The Morgan fingerprint density at radius 3 is 3.12 bits per heavy atom. The van der Waals surface area contributed by atoms with Gasteiger partial charge in [0.15, 0.2) is 0 Å². The summed E-state index contributed by atoms with van der Waals surface area (Å²) in [5.74, 6) is 0.527. The molecule has 88 valence electrons. The number of aliphatic carboxylic acids is 1. The lowest BCUT2D eigenvalue weighted by Gasteiger charge is -2.09. The van der Waals surface area contributed by atoms with Crippen LogP contribution in [0.2, 0.25) is 0 Å². The topological polar surface area (TPSA) is 79.3 Å². The van der Waals surface area contributed by atoms with E-state index in [1.807, 2.05) is 0 Å². The van der Waals surface area contributed by atoms with Crippen molar-refractivity contribution in [3.05, 3.63) is 16.6 Å². The first-order valence-corrected chi connectivity index (χ1v) is 6.65. The molecule has 7 heteroatoms. The third-order valence-electron chi connectivity index (χ3n) is 1.85. The number of carbonyl (C=O) groups excluding carboxylic acids is 1. The smallest absolute Gasteiger partial charge is 0.326 e. The quantitative estimate of drug-likeness (QED) is 0.538. The Balaban J connectivity index is 2.18. The van der Waals surface area contributed by atoms with Gasteiger partial charge in [-0.1, -0.05) is 0 Å². The third-order valence-corrected chi connectivity index (χ3v) is 3.85. The van der Waals surface area contributed by atoms with Crippen molar-refractivity contribution < 1.29 is 14.7 Å². The molecule has 5 nitrogen and oxygen atoms in total. The van der Waals surface area contributed by atoms with Crippen molar-refractivity contribution >= 4 is 35.5 Å². The zero-order valence-electron chi connectivity index (χ0n) is 8.46. The molecule has 16 heavy (non-hydrogen) atoms. The molecule has 1 atom stereocenters. The van der Waals surface area contributed by atoms with E-state index in [0.717, 1.165) is 5.75 Å². The van der Waals surface area contributed by atoms with Crippen LogP contribution in [-0.4, -0.2) is 34.3 Å². The first-order chi connectivity index (χ1) is 7.74. The van der Waals surface area contributed by atoms with Gasteiger partial charge >= 0.3 is 5.97 Å². The molecule has 0 aliphatic heterocycles. The van der Waals surface area contributed by atoms with E-state index in [1.54, 1.807) is 34.8 Å². The maximum Gasteiger partial charge on any atom is 0.326 e. The molecule has 0 spiro atoms. The van der Waals surface area contributed by atoms with Gasteiger partial charge in [0.25, 0.3) is 0 Å². The number of hydrogen-bond acceptors (Lipinski definition) is 5. The van der Waals surface area contributed by atoms with Gasteiger partial charge in [-0.3, -0.25) is 9.78 Å². The molecule has 1 amide bonds. The van der Waals surface area contributed by atoms with E-state index in [2.05, 4.69) is 10.3 Å². The maximum atomic E-state index is 10.7. The van der Waals surface area contributed by atoms with Crippen molar-refractivity contribution in [3.63, 3.8) is 0 Å². The summed E-state index contributed by atoms with van der Waals surface area (Å²) in [7, 11) is 0. The Labute approximate surface area is 101 Å². The first-order valence-electron chi connectivity index (χ1n) is 4.61. The molecule has 0 bridgehead atoms. The molecule has 1 rings (SSSR count). The predicted molar refractivity (Wildman–Crippen MR) is 63.5 cm³/mol. The van der Waals surface area contributed by atoms with E-state index in [0.29, 0.717) is 18.6 Å². The van der Waals surface area contributed by atoms with Gasteiger partial charge in [-0.2, -0.15) is 11.8 Å². The number of hydrogen-bond donors (Lipinski definition) is 2. The zero-order valence-corrected chi connectivity index (χ0v) is 10.1. The van der Waals surface area contributed by atoms with Crippen LogP contribution >= 0.6 is 23.1 Å². The molecule has 0 saturated carbocycles. The molecule has 1 aromatic rings. The minimum Gasteiger partial charge on any atom is -0.480 e. The monoisotopic (exact) mass is 260 g/mol. The highest BCUT2D eigenvalue weighted by Gasteiger charge is 2.15. The lowest BCUT2D eigenvalue weighted by atomic mass is 10.2. The van der Waals surface area contributed by atoms with E-state index in [-0.39, 0.29) is 0 Å². The number of carboxylic acid groups (broad SMARTS) is 1. The van der Waals surface area contributed by atoms with E-state index in [9.17, 15) is 9.59 Å². The first kappa shape index (κ1) is 13.0. The van der Waals surface area contributed by atoms with Crippen LogP contribution in [-0.2, 0) is 15.3 Å². The second kappa shape index (κ2) is 7.24. The number of thioether (sulfide) groups is 1. The number of amides is 1. The highest BCUT2D eigenvalue weighted by Crippen LogP contribution is 2.16. The Morgan fingerprint density at radius 1 is 1.75 bits per heavy atom. The maximum absolute atomic E-state index is 10.7. The summed E-state index contributed by atoms with van der Waals surface area (Å²) >= 11 is 3.21. The van der Waals surface area contributed by atoms with Crippen molar-refractivity contribution in [2.45, 2.75) is 18.2 Å². The van der Waals surface area contributed by atoms with Crippen LogP contribution in [0.1, 0.15) is 11.3 Å². The molecule has 0 radical (unpaired) electrons. The molecular weight excluding hydrogens is 248 g/mol. The average Bonchev–Trinajstić information content (AvgIpc) is 2.75. The summed E-state index contributed by atoms with van der Waals surface area (Å²) in [6.07, 6.45) is 2.65. The molecule has 1 unspecified atom stereocenters. The lowest BCUT2D eigenvalue weighted by molar-refractivity contribution is -0.140. The number of nitrogens with zero attached hydrogens (tertiary/aromatic N) is 1. The Bertz CT molecular complexity index is 330. The molecular formula is C9H12N2O3S2. The zero-order chi connectivity index (χ0) is 11.8. The summed E-state index contributed by atoms with van der Waals surface area (Å²) in [5, 5.41) is 11.0. The third kappa shape index (κ3) is 4.63. The van der Waals surface area contributed by atoms with Crippen molar-refractivity contribution in [3.8, 4) is 0 Å². The molecule has 2 N–H and O–H groups in total. The van der Waals surface area contributed by atoms with Crippen LogP contribution in [0.4, 0.5) is 0 Å². The van der Waals surface area contributed by atoms with E-state index < -0.39 is 12.0 Å². The average molecular weight is 260 g/mol. The van der Waals surface area contributed by atoms with Gasteiger partial charge in [-0.05, 0) is 12.2 Å². The van der Waals surface area contributed by atoms with Gasteiger partial charge in [0.1, 0.15) is 6.04 Å². The van der Waals surface area contributed by atoms with E-state index in [4.69, 9.17) is 5.11 Å². The summed E-state index contributed by atoms with van der Waals surface area (Å²) in [6, 6.07) is -0.786. The lowest BCUT2D eigenvalue weighted by Crippen LogP contribution is -2.36. The molecule has 1 heterocycles. The highest BCUT2D eigenvalue weighted by atomic mass is 32.2. The SMILES string of the molecule is O=CNC(CCSCc1cncs1)C(=O)O. The van der Waals surface area contributed by atoms with Crippen LogP contribution in [0.5, 0.6) is 0 Å². The van der Waals surface area contributed by atoms with Crippen LogP contribution in [0.15, 0.2) is 11.7 Å². The molecule has 0 fully saturated rings. The number of rotatable bonds is 8. The fourth-order valence-corrected chi connectivity index (χ4v) is 2.77.